The third-order valence-electron chi connectivity index (χ3n) is 2.86. The van der Waals surface area contributed by atoms with Gasteiger partial charge >= 0.3 is 5.97 Å². The number of carboxylic acid groups (broad SMARTS) is 1. The maximum atomic E-state index is 10.4. The van der Waals surface area contributed by atoms with Gasteiger partial charge in [-0.1, -0.05) is 48.1 Å². The standard InChI is InChI=1S/C17H22O3/c1-13-8-10-15(6-4-3-5-7-17(19)20)16(12-13)11-9-14(2)18/h4,6,8-12,14,18H,3,5,7H2,1-2H3,(H,19,20)/b6-4+,11-9+/t14-/m1/s1. The fraction of sp³-hybridized carbons (Fsp3) is 0.353. The molecule has 0 unspecified atom stereocenters. The number of aliphatic carboxylic acids is 1. The molecule has 0 saturated carbocycles. The summed E-state index contributed by atoms with van der Waals surface area (Å²) in [7, 11) is 0. The van der Waals surface area contributed by atoms with Gasteiger partial charge in [0.2, 0.25) is 0 Å². The Morgan fingerprint density at radius 1 is 1.30 bits per heavy atom. The van der Waals surface area contributed by atoms with Crippen molar-refractivity contribution in [3.8, 4) is 0 Å². The summed E-state index contributed by atoms with van der Waals surface area (Å²) in [6.45, 7) is 3.74. The smallest absolute Gasteiger partial charge is 0.303 e. The van der Waals surface area contributed by atoms with Crippen LogP contribution in [0.5, 0.6) is 0 Å². The summed E-state index contributed by atoms with van der Waals surface area (Å²) < 4.78 is 0. The molecule has 0 fully saturated rings. The molecule has 1 aromatic carbocycles. The van der Waals surface area contributed by atoms with E-state index in [4.69, 9.17) is 5.11 Å². The number of aliphatic hydroxyl groups is 1. The highest BCUT2D eigenvalue weighted by atomic mass is 16.4. The van der Waals surface area contributed by atoms with Crippen LogP contribution in [0.1, 0.15) is 42.9 Å². The fourth-order valence-electron chi connectivity index (χ4n) is 1.81. The summed E-state index contributed by atoms with van der Waals surface area (Å²) in [5, 5.41) is 17.9. The first-order chi connectivity index (χ1) is 9.49. The zero-order valence-electron chi connectivity index (χ0n) is 12.0. The number of unbranched alkanes of at least 4 members (excludes halogenated alkanes) is 1. The SMILES string of the molecule is Cc1ccc(/C=C/CCCC(=O)O)c(/C=C/[C@@H](C)O)c1. The van der Waals surface area contributed by atoms with Crippen LogP contribution in [-0.2, 0) is 4.79 Å². The second kappa shape index (κ2) is 8.33. The summed E-state index contributed by atoms with van der Waals surface area (Å²) in [5.41, 5.74) is 3.29. The number of aliphatic hydroxyl groups excluding tert-OH is 1. The molecule has 1 rings (SSSR count). The minimum absolute atomic E-state index is 0.201. The number of hydrogen-bond acceptors (Lipinski definition) is 2. The van der Waals surface area contributed by atoms with Gasteiger partial charge in [-0.05, 0) is 37.8 Å². The van der Waals surface area contributed by atoms with Crippen molar-refractivity contribution in [2.45, 2.75) is 39.2 Å². The van der Waals surface area contributed by atoms with E-state index in [-0.39, 0.29) is 6.42 Å². The van der Waals surface area contributed by atoms with Crippen LogP contribution in [0.3, 0.4) is 0 Å². The lowest BCUT2D eigenvalue weighted by atomic mass is 10.0. The Labute approximate surface area is 120 Å². The number of hydrogen-bond donors (Lipinski definition) is 2. The molecule has 20 heavy (non-hydrogen) atoms. The Morgan fingerprint density at radius 2 is 2.05 bits per heavy atom. The average molecular weight is 274 g/mol. The maximum Gasteiger partial charge on any atom is 0.303 e. The van der Waals surface area contributed by atoms with E-state index in [1.54, 1.807) is 13.0 Å². The first-order valence-electron chi connectivity index (χ1n) is 6.84. The molecule has 2 N–H and O–H groups in total. The summed E-state index contributed by atoms with van der Waals surface area (Å²) in [4.78, 5) is 10.4. The molecule has 0 spiro atoms. The van der Waals surface area contributed by atoms with E-state index in [1.165, 1.54) is 5.56 Å². The highest BCUT2D eigenvalue weighted by Gasteiger charge is 1.98. The third kappa shape index (κ3) is 6.34. The van der Waals surface area contributed by atoms with Gasteiger partial charge in [-0.25, -0.2) is 0 Å². The van der Waals surface area contributed by atoms with Crippen molar-refractivity contribution in [1.29, 1.82) is 0 Å². The molecule has 0 radical (unpaired) electrons. The molecule has 0 bridgehead atoms. The van der Waals surface area contributed by atoms with Crippen molar-refractivity contribution in [1.82, 2.24) is 0 Å². The van der Waals surface area contributed by atoms with Gasteiger partial charge in [0.15, 0.2) is 0 Å². The second-order valence-corrected chi connectivity index (χ2v) is 4.92. The van der Waals surface area contributed by atoms with E-state index < -0.39 is 12.1 Å². The molecule has 3 nitrogen and oxygen atoms in total. The molecule has 3 heteroatoms. The number of carbonyl (C=O) groups is 1. The lowest BCUT2D eigenvalue weighted by Crippen LogP contribution is -1.93. The quantitative estimate of drug-likeness (QED) is 0.746. The minimum Gasteiger partial charge on any atom is -0.481 e. The van der Waals surface area contributed by atoms with Gasteiger partial charge in [0.25, 0.3) is 0 Å². The Bertz CT molecular complexity index is 499. The van der Waals surface area contributed by atoms with Crippen LogP contribution in [-0.4, -0.2) is 22.3 Å². The maximum absolute atomic E-state index is 10.4. The number of aryl methyl sites for hydroxylation is 1. The second-order valence-electron chi connectivity index (χ2n) is 4.92. The highest BCUT2D eigenvalue weighted by Crippen LogP contribution is 2.16. The number of benzene rings is 1. The van der Waals surface area contributed by atoms with Gasteiger partial charge in [-0.3, -0.25) is 4.79 Å². The van der Waals surface area contributed by atoms with Crippen LogP contribution in [0.25, 0.3) is 12.2 Å². The van der Waals surface area contributed by atoms with Gasteiger partial charge in [-0.15, -0.1) is 0 Å². The number of carboxylic acids is 1. The summed E-state index contributed by atoms with van der Waals surface area (Å²) in [6, 6.07) is 6.14. The fourth-order valence-corrected chi connectivity index (χ4v) is 1.81. The van der Waals surface area contributed by atoms with Crippen molar-refractivity contribution >= 4 is 18.1 Å². The van der Waals surface area contributed by atoms with Crippen molar-refractivity contribution < 1.29 is 15.0 Å². The average Bonchev–Trinajstić information content (AvgIpc) is 2.37. The van der Waals surface area contributed by atoms with Crippen LogP contribution in [0.2, 0.25) is 0 Å². The van der Waals surface area contributed by atoms with E-state index in [1.807, 2.05) is 37.3 Å². The topological polar surface area (TPSA) is 57.5 Å². The van der Waals surface area contributed by atoms with Crippen molar-refractivity contribution in [3.05, 3.63) is 47.0 Å². The summed E-state index contributed by atoms with van der Waals surface area (Å²) in [5.74, 6) is -0.755. The molecule has 0 heterocycles. The molecule has 0 aliphatic heterocycles. The van der Waals surface area contributed by atoms with E-state index in [9.17, 15) is 9.90 Å². The van der Waals surface area contributed by atoms with Crippen LogP contribution in [0.4, 0.5) is 0 Å². The minimum atomic E-state index is -0.755. The Morgan fingerprint density at radius 3 is 2.70 bits per heavy atom. The molecule has 1 aromatic rings. The van der Waals surface area contributed by atoms with E-state index in [0.717, 1.165) is 17.5 Å². The van der Waals surface area contributed by atoms with Gasteiger partial charge in [0.1, 0.15) is 0 Å². The first-order valence-corrected chi connectivity index (χ1v) is 6.84. The van der Waals surface area contributed by atoms with E-state index in [0.29, 0.717) is 6.42 Å². The summed E-state index contributed by atoms with van der Waals surface area (Å²) in [6.07, 6.45) is 8.79. The molecule has 0 saturated heterocycles. The van der Waals surface area contributed by atoms with Crippen LogP contribution in [0, 0.1) is 6.92 Å². The molecule has 0 aliphatic rings. The van der Waals surface area contributed by atoms with Gasteiger partial charge in [0.05, 0.1) is 6.10 Å². The predicted octanol–water partition coefficient (Wildman–Crippen LogP) is 3.66. The van der Waals surface area contributed by atoms with Gasteiger partial charge < -0.3 is 10.2 Å². The number of rotatable bonds is 7. The normalized spacial score (nSPS) is 13.2. The molecule has 0 amide bonds. The zero-order valence-corrected chi connectivity index (χ0v) is 12.0. The molecule has 0 aliphatic carbocycles. The highest BCUT2D eigenvalue weighted by molar-refractivity contribution is 5.67. The van der Waals surface area contributed by atoms with Crippen LogP contribution < -0.4 is 0 Å². The summed E-state index contributed by atoms with van der Waals surface area (Å²) >= 11 is 0. The largest absolute Gasteiger partial charge is 0.481 e. The van der Waals surface area contributed by atoms with E-state index in [2.05, 4.69) is 6.07 Å². The monoisotopic (exact) mass is 274 g/mol. The molecular formula is C17H22O3. The van der Waals surface area contributed by atoms with Crippen molar-refractivity contribution in [2.75, 3.05) is 0 Å². The third-order valence-corrected chi connectivity index (χ3v) is 2.86. The lowest BCUT2D eigenvalue weighted by molar-refractivity contribution is -0.137. The lowest BCUT2D eigenvalue weighted by Gasteiger charge is -2.04. The Hall–Kier alpha value is -1.87. The number of allylic oxidation sites excluding steroid dienone is 1. The van der Waals surface area contributed by atoms with Crippen molar-refractivity contribution in [2.24, 2.45) is 0 Å². The first kappa shape index (κ1) is 16.2. The zero-order chi connectivity index (χ0) is 15.0. The van der Waals surface area contributed by atoms with Crippen LogP contribution in [0.15, 0.2) is 30.4 Å². The molecule has 1 atom stereocenters. The van der Waals surface area contributed by atoms with Crippen molar-refractivity contribution in [3.63, 3.8) is 0 Å². The Balaban J connectivity index is 2.73. The van der Waals surface area contributed by atoms with Gasteiger partial charge in [0, 0.05) is 6.42 Å². The molecule has 0 aromatic heterocycles. The molecular weight excluding hydrogens is 252 g/mol. The van der Waals surface area contributed by atoms with Crippen LogP contribution >= 0.6 is 0 Å². The predicted molar refractivity (Wildman–Crippen MR) is 82.4 cm³/mol. The van der Waals surface area contributed by atoms with Gasteiger partial charge in [-0.2, -0.15) is 0 Å². The molecule has 108 valence electrons. The Kier molecular flexibility index (Phi) is 6.74. The van der Waals surface area contributed by atoms with E-state index >= 15 is 0 Å².